The van der Waals surface area contributed by atoms with E-state index in [4.69, 9.17) is 23.2 Å². The van der Waals surface area contributed by atoms with Gasteiger partial charge in [0.1, 0.15) is 10.3 Å². The molecule has 0 aliphatic rings. The predicted molar refractivity (Wildman–Crippen MR) is 67.1 cm³/mol. The number of nitrogens with zero attached hydrogens (tertiary/aromatic N) is 3. The van der Waals surface area contributed by atoms with Crippen LogP contribution in [0.1, 0.15) is 15.4 Å². The number of carbonyl (C=O) groups excluding carboxylic acids is 1. The maximum atomic E-state index is 12.3. The molecule has 106 valence electrons. The van der Waals surface area contributed by atoms with Crippen molar-refractivity contribution in [3.05, 3.63) is 33.0 Å². The maximum Gasteiger partial charge on any atom is 0.445 e. The van der Waals surface area contributed by atoms with Crippen LogP contribution in [0.25, 0.3) is 0 Å². The molecular formula is C9H3Cl2F3N4OS. The van der Waals surface area contributed by atoms with Crippen molar-refractivity contribution in [3.63, 3.8) is 0 Å². The summed E-state index contributed by atoms with van der Waals surface area (Å²) in [6.07, 6.45) is -4.61. The summed E-state index contributed by atoms with van der Waals surface area (Å²) in [5, 5.41) is 6.85. The fourth-order valence-electron chi connectivity index (χ4n) is 1.15. The average molecular weight is 343 g/mol. The summed E-state index contributed by atoms with van der Waals surface area (Å²) < 4.78 is 37.0. The molecular weight excluding hydrogens is 340 g/mol. The van der Waals surface area contributed by atoms with Gasteiger partial charge in [-0.15, -0.1) is 10.2 Å². The monoisotopic (exact) mass is 342 g/mol. The molecule has 5 nitrogen and oxygen atoms in total. The fraction of sp³-hybridized carbons (Fsp3) is 0.111. The molecule has 0 atom stereocenters. The van der Waals surface area contributed by atoms with Crippen LogP contribution in [0.4, 0.5) is 18.3 Å². The fourth-order valence-corrected chi connectivity index (χ4v) is 2.22. The first kappa shape index (κ1) is 14.9. The lowest BCUT2D eigenvalue weighted by Gasteiger charge is -2.02. The molecule has 0 spiro atoms. The standard InChI is InChI=1S/C9H3Cl2F3N4OS/c10-4-1-3(2-5(11)15-4)6(19)16-8-18-17-7(20-8)9(12,13)14/h1-2H,(H,16,18,19). The van der Waals surface area contributed by atoms with E-state index in [1.807, 2.05) is 0 Å². The molecule has 11 heteroatoms. The van der Waals surface area contributed by atoms with E-state index >= 15 is 0 Å². The summed E-state index contributed by atoms with van der Waals surface area (Å²) in [6, 6.07) is 2.43. The van der Waals surface area contributed by atoms with Crippen molar-refractivity contribution in [2.24, 2.45) is 0 Å². The highest BCUT2D eigenvalue weighted by Crippen LogP contribution is 2.33. The molecule has 0 radical (unpaired) electrons. The molecule has 1 amide bonds. The van der Waals surface area contributed by atoms with E-state index in [-0.39, 0.29) is 32.3 Å². The number of amides is 1. The van der Waals surface area contributed by atoms with Crippen molar-refractivity contribution >= 4 is 45.6 Å². The van der Waals surface area contributed by atoms with Crippen LogP contribution < -0.4 is 5.32 Å². The quantitative estimate of drug-likeness (QED) is 0.848. The van der Waals surface area contributed by atoms with Gasteiger partial charge in [0, 0.05) is 5.56 Å². The van der Waals surface area contributed by atoms with Crippen LogP contribution in [0.3, 0.4) is 0 Å². The van der Waals surface area contributed by atoms with E-state index in [0.717, 1.165) is 0 Å². The SMILES string of the molecule is O=C(Nc1nnc(C(F)(F)F)s1)c1cc(Cl)nc(Cl)c1. The Hall–Kier alpha value is -1.45. The van der Waals surface area contributed by atoms with Gasteiger partial charge >= 0.3 is 6.18 Å². The van der Waals surface area contributed by atoms with Gasteiger partial charge in [0.15, 0.2) is 0 Å². The Morgan fingerprint density at radius 2 is 1.80 bits per heavy atom. The molecule has 0 aliphatic heterocycles. The van der Waals surface area contributed by atoms with Gasteiger partial charge in [0.05, 0.1) is 0 Å². The van der Waals surface area contributed by atoms with E-state index in [0.29, 0.717) is 0 Å². The van der Waals surface area contributed by atoms with Crippen molar-refractivity contribution in [1.29, 1.82) is 0 Å². The number of hydrogen-bond donors (Lipinski definition) is 1. The van der Waals surface area contributed by atoms with Crippen molar-refractivity contribution in [1.82, 2.24) is 15.2 Å². The third kappa shape index (κ3) is 3.56. The number of aromatic nitrogens is 3. The van der Waals surface area contributed by atoms with Crippen LogP contribution in [0.15, 0.2) is 12.1 Å². The van der Waals surface area contributed by atoms with Crippen LogP contribution >= 0.6 is 34.5 Å². The van der Waals surface area contributed by atoms with E-state index in [2.05, 4.69) is 20.5 Å². The highest BCUT2D eigenvalue weighted by atomic mass is 35.5. The first-order valence-electron chi connectivity index (χ1n) is 4.81. The number of anilines is 1. The van der Waals surface area contributed by atoms with Crippen LogP contribution in [0.2, 0.25) is 10.3 Å². The predicted octanol–water partition coefficient (Wildman–Crippen LogP) is 3.51. The largest absolute Gasteiger partial charge is 0.445 e. The number of alkyl halides is 3. The molecule has 0 bridgehead atoms. The number of halogens is 5. The van der Waals surface area contributed by atoms with E-state index in [1.165, 1.54) is 12.1 Å². The average Bonchev–Trinajstić information content (AvgIpc) is 2.75. The topological polar surface area (TPSA) is 67.8 Å². The Bertz CT molecular complexity index is 641. The molecule has 2 heterocycles. The zero-order valence-corrected chi connectivity index (χ0v) is 11.5. The van der Waals surface area contributed by atoms with Crippen molar-refractivity contribution in [2.75, 3.05) is 5.32 Å². The van der Waals surface area contributed by atoms with Gasteiger partial charge in [-0.25, -0.2) is 4.98 Å². The van der Waals surface area contributed by atoms with Crippen molar-refractivity contribution < 1.29 is 18.0 Å². The molecule has 1 N–H and O–H groups in total. The van der Waals surface area contributed by atoms with Gasteiger partial charge in [-0.1, -0.05) is 34.5 Å². The second-order valence-corrected chi connectivity index (χ2v) is 5.12. The molecule has 2 rings (SSSR count). The Morgan fingerprint density at radius 3 is 2.30 bits per heavy atom. The van der Waals surface area contributed by atoms with Gasteiger partial charge in [-0.2, -0.15) is 13.2 Å². The molecule has 20 heavy (non-hydrogen) atoms. The summed E-state index contributed by atoms with van der Waals surface area (Å²) in [6.45, 7) is 0. The van der Waals surface area contributed by atoms with E-state index in [1.54, 1.807) is 0 Å². The third-order valence-corrected chi connectivity index (χ3v) is 3.18. The summed E-state index contributed by atoms with van der Waals surface area (Å²) in [7, 11) is 0. The zero-order chi connectivity index (χ0) is 14.9. The van der Waals surface area contributed by atoms with Crippen LogP contribution in [0.5, 0.6) is 0 Å². The zero-order valence-electron chi connectivity index (χ0n) is 9.20. The highest BCUT2D eigenvalue weighted by Gasteiger charge is 2.35. The minimum Gasteiger partial charge on any atom is -0.296 e. The lowest BCUT2D eigenvalue weighted by atomic mass is 10.2. The number of hydrogen-bond acceptors (Lipinski definition) is 5. The summed E-state index contributed by atoms with van der Waals surface area (Å²) in [5.41, 5.74) is 0.0405. The first-order valence-corrected chi connectivity index (χ1v) is 6.38. The molecule has 0 aromatic carbocycles. The number of nitrogens with one attached hydrogen (secondary N) is 1. The lowest BCUT2D eigenvalue weighted by Crippen LogP contribution is -2.12. The minimum atomic E-state index is -4.61. The minimum absolute atomic E-state index is 0.0177. The van der Waals surface area contributed by atoms with Crippen LogP contribution in [-0.2, 0) is 6.18 Å². The molecule has 0 fully saturated rings. The number of rotatable bonds is 2. The molecule has 2 aromatic heterocycles. The highest BCUT2D eigenvalue weighted by molar-refractivity contribution is 7.15. The number of carbonyl (C=O) groups is 1. The van der Waals surface area contributed by atoms with Gasteiger partial charge in [0.2, 0.25) is 10.1 Å². The van der Waals surface area contributed by atoms with Crippen LogP contribution in [0, 0.1) is 0 Å². The number of pyridine rings is 1. The maximum absolute atomic E-state index is 12.3. The first-order chi connectivity index (χ1) is 9.25. The summed E-state index contributed by atoms with van der Waals surface area (Å²) in [5.74, 6) is -0.721. The smallest absolute Gasteiger partial charge is 0.296 e. The van der Waals surface area contributed by atoms with Gasteiger partial charge in [-0.05, 0) is 12.1 Å². The normalized spacial score (nSPS) is 11.4. The molecule has 0 unspecified atom stereocenters. The van der Waals surface area contributed by atoms with Crippen LogP contribution in [-0.4, -0.2) is 21.1 Å². The summed E-state index contributed by atoms with van der Waals surface area (Å²) in [4.78, 5) is 15.4. The molecule has 0 aliphatic carbocycles. The second-order valence-electron chi connectivity index (χ2n) is 3.37. The Morgan fingerprint density at radius 1 is 1.20 bits per heavy atom. The van der Waals surface area contributed by atoms with E-state index < -0.39 is 17.1 Å². The second kappa shape index (κ2) is 5.51. The van der Waals surface area contributed by atoms with Crippen molar-refractivity contribution in [3.8, 4) is 0 Å². The van der Waals surface area contributed by atoms with Gasteiger partial charge in [0.25, 0.3) is 5.91 Å². The van der Waals surface area contributed by atoms with E-state index in [9.17, 15) is 18.0 Å². The Labute approximate surface area is 123 Å². The summed E-state index contributed by atoms with van der Waals surface area (Å²) >= 11 is 11.4. The molecule has 2 aromatic rings. The lowest BCUT2D eigenvalue weighted by molar-refractivity contribution is -0.138. The molecule has 0 saturated heterocycles. The Kier molecular flexibility index (Phi) is 4.11. The Balaban J connectivity index is 2.17. The third-order valence-electron chi connectivity index (χ3n) is 1.91. The van der Waals surface area contributed by atoms with Gasteiger partial charge < -0.3 is 0 Å². The molecule has 0 saturated carbocycles. The van der Waals surface area contributed by atoms with Crippen molar-refractivity contribution in [2.45, 2.75) is 6.18 Å². The van der Waals surface area contributed by atoms with Gasteiger partial charge in [-0.3, -0.25) is 10.1 Å².